The quantitative estimate of drug-likeness (QED) is 0.761. The molecule has 3 nitrogen and oxygen atoms in total. The molecule has 13 heavy (non-hydrogen) atoms. The van der Waals surface area contributed by atoms with Crippen molar-refractivity contribution in [1.82, 2.24) is 4.98 Å². The monoisotopic (exact) mass is 199 g/mol. The first-order chi connectivity index (χ1) is 6.15. The molecule has 0 aromatic carbocycles. The number of carbonyl (C=O) groups is 1. The predicted octanol–water partition coefficient (Wildman–Crippen LogP) is 2.47. The van der Waals surface area contributed by atoms with Crippen LogP contribution in [0.25, 0.3) is 0 Å². The lowest BCUT2D eigenvalue weighted by Crippen LogP contribution is -2.00. The van der Waals surface area contributed by atoms with E-state index in [4.69, 9.17) is 16.7 Å². The SMILES string of the molecule is CCC(Cl)c1cc(C(=O)O)ccn1. The minimum atomic E-state index is -0.955. The van der Waals surface area contributed by atoms with Crippen LogP contribution >= 0.6 is 11.6 Å². The van der Waals surface area contributed by atoms with Gasteiger partial charge in [-0.1, -0.05) is 6.92 Å². The van der Waals surface area contributed by atoms with E-state index in [1.165, 1.54) is 18.3 Å². The molecule has 0 aliphatic carbocycles. The Labute approximate surface area is 81.4 Å². The molecule has 0 amide bonds. The van der Waals surface area contributed by atoms with Crippen LogP contribution < -0.4 is 0 Å². The van der Waals surface area contributed by atoms with E-state index in [2.05, 4.69) is 4.98 Å². The average Bonchev–Trinajstić information content (AvgIpc) is 2.17. The number of nitrogens with zero attached hydrogens (tertiary/aromatic N) is 1. The molecule has 0 saturated carbocycles. The van der Waals surface area contributed by atoms with Gasteiger partial charge in [0.15, 0.2) is 0 Å². The molecule has 0 fully saturated rings. The molecule has 1 rings (SSSR count). The van der Waals surface area contributed by atoms with E-state index in [1.54, 1.807) is 0 Å². The second-order valence-corrected chi connectivity index (χ2v) is 3.18. The molecular weight excluding hydrogens is 190 g/mol. The lowest BCUT2D eigenvalue weighted by atomic mass is 10.1. The van der Waals surface area contributed by atoms with Crippen molar-refractivity contribution in [3.05, 3.63) is 29.6 Å². The highest BCUT2D eigenvalue weighted by molar-refractivity contribution is 6.20. The molecular formula is C9H10ClNO2. The predicted molar refractivity (Wildman–Crippen MR) is 50.1 cm³/mol. The molecule has 1 atom stereocenters. The summed E-state index contributed by atoms with van der Waals surface area (Å²) < 4.78 is 0. The molecule has 0 aliphatic heterocycles. The standard InChI is InChI=1S/C9H10ClNO2/c1-2-7(10)8-5-6(9(12)13)3-4-11-8/h3-5,7H,2H2,1H3,(H,12,13). The third-order valence-corrected chi connectivity index (χ3v) is 2.24. The molecule has 1 heterocycles. The molecule has 4 heteroatoms. The number of hydrogen-bond acceptors (Lipinski definition) is 2. The maximum Gasteiger partial charge on any atom is 0.335 e. The van der Waals surface area contributed by atoms with E-state index in [9.17, 15) is 4.79 Å². The molecule has 1 aromatic rings. The number of hydrogen-bond donors (Lipinski definition) is 1. The fourth-order valence-corrected chi connectivity index (χ4v) is 1.08. The maximum absolute atomic E-state index is 10.6. The Kier molecular flexibility index (Phi) is 3.25. The summed E-state index contributed by atoms with van der Waals surface area (Å²) in [4.78, 5) is 14.6. The zero-order valence-corrected chi connectivity index (χ0v) is 7.95. The van der Waals surface area contributed by atoms with Gasteiger partial charge in [0.05, 0.1) is 16.6 Å². The van der Waals surface area contributed by atoms with Crippen molar-refractivity contribution >= 4 is 17.6 Å². The fourth-order valence-electron chi connectivity index (χ4n) is 0.962. The third-order valence-electron chi connectivity index (χ3n) is 1.71. The van der Waals surface area contributed by atoms with Gasteiger partial charge < -0.3 is 5.11 Å². The summed E-state index contributed by atoms with van der Waals surface area (Å²) in [6.07, 6.45) is 2.20. The van der Waals surface area contributed by atoms with Crippen molar-refractivity contribution in [1.29, 1.82) is 0 Å². The number of carboxylic acids is 1. The zero-order valence-electron chi connectivity index (χ0n) is 7.20. The largest absolute Gasteiger partial charge is 0.478 e. The van der Waals surface area contributed by atoms with Crippen molar-refractivity contribution in [2.24, 2.45) is 0 Å². The highest BCUT2D eigenvalue weighted by Gasteiger charge is 2.09. The Balaban J connectivity index is 2.98. The van der Waals surface area contributed by atoms with Gasteiger partial charge in [-0.2, -0.15) is 0 Å². The Hall–Kier alpha value is -1.09. The molecule has 0 saturated heterocycles. The number of carboxylic acid groups (broad SMARTS) is 1. The minimum absolute atomic E-state index is 0.209. The normalized spacial score (nSPS) is 12.5. The number of alkyl halides is 1. The number of aromatic carboxylic acids is 1. The first-order valence-electron chi connectivity index (χ1n) is 3.98. The summed E-state index contributed by atoms with van der Waals surface area (Å²) >= 11 is 5.91. The van der Waals surface area contributed by atoms with E-state index in [1.807, 2.05) is 6.92 Å². The number of pyridine rings is 1. The van der Waals surface area contributed by atoms with Crippen LogP contribution in [0.15, 0.2) is 18.3 Å². The van der Waals surface area contributed by atoms with Crippen LogP contribution in [-0.2, 0) is 0 Å². The van der Waals surface area contributed by atoms with Crippen LogP contribution in [0.2, 0.25) is 0 Å². The van der Waals surface area contributed by atoms with Crippen LogP contribution in [0, 0.1) is 0 Å². The summed E-state index contributed by atoms with van der Waals surface area (Å²) in [7, 11) is 0. The van der Waals surface area contributed by atoms with E-state index in [0.29, 0.717) is 5.69 Å². The van der Waals surface area contributed by atoms with Crippen molar-refractivity contribution in [3.8, 4) is 0 Å². The first kappa shape index (κ1) is 9.99. The van der Waals surface area contributed by atoms with Gasteiger partial charge in [0.2, 0.25) is 0 Å². The van der Waals surface area contributed by atoms with Crippen LogP contribution in [0.1, 0.15) is 34.8 Å². The van der Waals surface area contributed by atoms with Crippen molar-refractivity contribution in [2.45, 2.75) is 18.7 Å². The summed E-state index contributed by atoms with van der Waals surface area (Å²) in [5.41, 5.74) is 0.841. The van der Waals surface area contributed by atoms with Gasteiger partial charge in [-0.3, -0.25) is 4.98 Å². The van der Waals surface area contributed by atoms with Crippen molar-refractivity contribution in [2.75, 3.05) is 0 Å². The summed E-state index contributed by atoms with van der Waals surface area (Å²) in [5, 5.41) is 8.48. The average molecular weight is 200 g/mol. The Morgan fingerprint density at radius 2 is 2.46 bits per heavy atom. The molecule has 0 radical (unpaired) electrons. The highest BCUT2D eigenvalue weighted by Crippen LogP contribution is 2.21. The smallest absolute Gasteiger partial charge is 0.335 e. The Bertz CT molecular complexity index is 314. The molecule has 1 aromatic heterocycles. The maximum atomic E-state index is 10.6. The minimum Gasteiger partial charge on any atom is -0.478 e. The van der Waals surface area contributed by atoms with Crippen LogP contribution in [0.3, 0.4) is 0 Å². The van der Waals surface area contributed by atoms with E-state index >= 15 is 0 Å². The molecule has 1 N–H and O–H groups in total. The van der Waals surface area contributed by atoms with Crippen molar-refractivity contribution in [3.63, 3.8) is 0 Å². The molecule has 0 spiro atoms. The van der Waals surface area contributed by atoms with Crippen LogP contribution in [0.5, 0.6) is 0 Å². The molecule has 70 valence electrons. The molecule has 0 bridgehead atoms. The summed E-state index contributed by atoms with van der Waals surface area (Å²) in [6.45, 7) is 1.92. The second kappa shape index (κ2) is 4.23. The Morgan fingerprint density at radius 1 is 1.77 bits per heavy atom. The summed E-state index contributed by atoms with van der Waals surface area (Å²) in [5.74, 6) is -0.955. The topological polar surface area (TPSA) is 50.2 Å². The van der Waals surface area contributed by atoms with Gasteiger partial charge in [-0.15, -0.1) is 11.6 Å². The van der Waals surface area contributed by atoms with Gasteiger partial charge >= 0.3 is 5.97 Å². The first-order valence-corrected chi connectivity index (χ1v) is 4.42. The van der Waals surface area contributed by atoms with Crippen LogP contribution in [-0.4, -0.2) is 16.1 Å². The van der Waals surface area contributed by atoms with E-state index < -0.39 is 5.97 Å². The highest BCUT2D eigenvalue weighted by atomic mass is 35.5. The van der Waals surface area contributed by atoms with Crippen LogP contribution in [0.4, 0.5) is 0 Å². The van der Waals surface area contributed by atoms with Gasteiger partial charge in [-0.25, -0.2) is 4.79 Å². The van der Waals surface area contributed by atoms with Gasteiger partial charge in [0, 0.05) is 6.20 Å². The lowest BCUT2D eigenvalue weighted by molar-refractivity contribution is 0.0696. The van der Waals surface area contributed by atoms with E-state index in [-0.39, 0.29) is 10.9 Å². The number of rotatable bonds is 3. The molecule has 0 aliphatic rings. The third kappa shape index (κ3) is 2.42. The van der Waals surface area contributed by atoms with Gasteiger partial charge in [-0.05, 0) is 18.6 Å². The van der Waals surface area contributed by atoms with E-state index in [0.717, 1.165) is 6.42 Å². The lowest BCUT2D eigenvalue weighted by Gasteiger charge is -2.05. The summed E-state index contributed by atoms with van der Waals surface area (Å²) in [6, 6.07) is 2.95. The number of halogens is 1. The van der Waals surface area contributed by atoms with Gasteiger partial charge in [0.25, 0.3) is 0 Å². The second-order valence-electron chi connectivity index (χ2n) is 2.65. The van der Waals surface area contributed by atoms with Crippen molar-refractivity contribution < 1.29 is 9.90 Å². The number of aromatic nitrogens is 1. The molecule has 1 unspecified atom stereocenters. The fraction of sp³-hybridized carbons (Fsp3) is 0.333. The Morgan fingerprint density at radius 3 is 3.00 bits per heavy atom. The zero-order chi connectivity index (χ0) is 9.84. The van der Waals surface area contributed by atoms with Gasteiger partial charge in [0.1, 0.15) is 0 Å².